The van der Waals surface area contributed by atoms with Crippen molar-refractivity contribution in [3.63, 3.8) is 0 Å². The Hall–Kier alpha value is -1.79. The van der Waals surface area contributed by atoms with E-state index in [0.717, 1.165) is 0 Å². The van der Waals surface area contributed by atoms with Crippen molar-refractivity contribution >= 4 is 27.0 Å². The molecule has 3 nitrogen and oxygen atoms in total. The maximum absolute atomic E-state index is 13.9. The second-order valence-corrected chi connectivity index (χ2v) is 5.58. The van der Waals surface area contributed by atoms with Crippen LogP contribution < -0.4 is 5.73 Å². The molecular formula is C15H11BrF2N2O. The van der Waals surface area contributed by atoms with Crippen molar-refractivity contribution in [3.8, 4) is 0 Å². The lowest BCUT2D eigenvalue weighted by molar-refractivity contribution is 0.475. The molecule has 1 heterocycles. The molecule has 0 bridgehead atoms. The van der Waals surface area contributed by atoms with Crippen molar-refractivity contribution < 1.29 is 13.2 Å². The van der Waals surface area contributed by atoms with Gasteiger partial charge in [-0.15, -0.1) is 0 Å². The van der Waals surface area contributed by atoms with Gasteiger partial charge in [-0.2, -0.15) is 0 Å². The minimum atomic E-state index is -0.869. The van der Waals surface area contributed by atoms with E-state index >= 15 is 0 Å². The average Bonchev–Trinajstić information content (AvgIpc) is 2.79. The second-order valence-electron chi connectivity index (χ2n) is 4.67. The standard InChI is InChI=1S/C15H11BrF2N2O/c16-8-5-9(17)15(10(18)6-8)11(19)7-14-20-12-3-1-2-4-13(12)21-14/h1-6,11H,7,19H2. The molecule has 0 amide bonds. The molecular weight excluding hydrogens is 342 g/mol. The number of para-hydroxylation sites is 2. The van der Waals surface area contributed by atoms with Crippen LogP contribution >= 0.6 is 15.9 Å². The Morgan fingerprint density at radius 3 is 2.52 bits per heavy atom. The van der Waals surface area contributed by atoms with Gasteiger partial charge in [0.15, 0.2) is 11.5 Å². The summed E-state index contributed by atoms with van der Waals surface area (Å²) >= 11 is 3.03. The van der Waals surface area contributed by atoms with Gasteiger partial charge in [0, 0.05) is 22.5 Å². The molecule has 0 fully saturated rings. The van der Waals surface area contributed by atoms with Crippen molar-refractivity contribution in [1.29, 1.82) is 0 Å². The Balaban J connectivity index is 1.91. The minimum absolute atomic E-state index is 0.115. The summed E-state index contributed by atoms with van der Waals surface area (Å²) in [5.74, 6) is -1.03. The predicted octanol–water partition coefficient (Wildman–Crippen LogP) is 4.11. The van der Waals surface area contributed by atoms with Crippen molar-refractivity contribution in [1.82, 2.24) is 4.98 Å². The summed E-state index contributed by atoms with van der Waals surface area (Å²) in [7, 11) is 0. The molecule has 1 atom stereocenters. The van der Waals surface area contributed by atoms with E-state index in [-0.39, 0.29) is 12.0 Å². The molecule has 1 aromatic heterocycles. The van der Waals surface area contributed by atoms with Crippen LogP contribution in [-0.4, -0.2) is 4.98 Å². The van der Waals surface area contributed by atoms with E-state index < -0.39 is 17.7 Å². The van der Waals surface area contributed by atoms with Crippen LogP contribution in [0.25, 0.3) is 11.1 Å². The van der Waals surface area contributed by atoms with Gasteiger partial charge in [0.1, 0.15) is 17.2 Å². The van der Waals surface area contributed by atoms with Gasteiger partial charge in [-0.1, -0.05) is 28.1 Å². The highest BCUT2D eigenvalue weighted by molar-refractivity contribution is 9.10. The number of hydrogen-bond acceptors (Lipinski definition) is 3. The number of benzene rings is 2. The van der Waals surface area contributed by atoms with Gasteiger partial charge < -0.3 is 10.2 Å². The lowest BCUT2D eigenvalue weighted by atomic mass is 10.0. The van der Waals surface area contributed by atoms with Gasteiger partial charge in [-0.25, -0.2) is 13.8 Å². The summed E-state index contributed by atoms with van der Waals surface area (Å²) in [5, 5.41) is 0. The largest absolute Gasteiger partial charge is 0.441 e. The van der Waals surface area contributed by atoms with E-state index in [2.05, 4.69) is 20.9 Å². The quantitative estimate of drug-likeness (QED) is 0.771. The third-order valence-electron chi connectivity index (χ3n) is 3.15. The average molecular weight is 353 g/mol. The van der Waals surface area contributed by atoms with E-state index in [1.165, 1.54) is 12.1 Å². The predicted molar refractivity (Wildman–Crippen MR) is 78.7 cm³/mol. The number of rotatable bonds is 3. The molecule has 6 heteroatoms. The Morgan fingerprint density at radius 1 is 1.19 bits per heavy atom. The molecule has 108 valence electrons. The first kappa shape index (κ1) is 14.2. The fourth-order valence-corrected chi connectivity index (χ4v) is 2.61. The van der Waals surface area contributed by atoms with Crippen LogP contribution in [0.15, 0.2) is 45.3 Å². The Morgan fingerprint density at radius 2 is 1.86 bits per heavy atom. The highest BCUT2D eigenvalue weighted by Gasteiger charge is 2.20. The van der Waals surface area contributed by atoms with Crippen LogP contribution in [0.1, 0.15) is 17.5 Å². The molecule has 0 saturated carbocycles. The van der Waals surface area contributed by atoms with Crippen LogP contribution in [0, 0.1) is 11.6 Å². The van der Waals surface area contributed by atoms with Crippen LogP contribution in [0.3, 0.4) is 0 Å². The second kappa shape index (κ2) is 5.54. The van der Waals surface area contributed by atoms with E-state index in [1.54, 1.807) is 12.1 Å². The molecule has 0 saturated heterocycles. The number of nitrogens with zero attached hydrogens (tertiary/aromatic N) is 1. The number of fused-ring (bicyclic) bond motifs is 1. The summed E-state index contributed by atoms with van der Waals surface area (Å²) in [5.41, 5.74) is 7.05. The Bertz CT molecular complexity index is 747. The van der Waals surface area contributed by atoms with E-state index in [4.69, 9.17) is 10.2 Å². The lowest BCUT2D eigenvalue weighted by Crippen LogP contribution is -2.17. The smallest absolute Gasteiger partial charge is 0.197 e. The summed E-state index contributed by atoms with van der Waals surface area (Å²) in [4.78, 5) is 4.25. The van der Waals surface area contributed by atoms with E-state index in [9.17, 15) is 8.78 Å². The molecule has 0 spiro atoms. The number of nitrogens with two attached hydrogens (primary N) is 1. The summed E-state index contributed by atoms with van der Waals surface area (Å²) in [6, 6.07) is 8.74. The van der Waals surface area contributed by atoms with Gasteiger partial charge in [0.05, 0.1) is 0 Å². The molecule has 0 aliphatic rings. The highest BCUT2D eigenvalue weighted by Crippen LogP contribution is 2.26. The van der Waals surface area contributed by atoms with Crippen LogP contribution in [0.5, 0.6) is 0 Å². The molecule has 2 N–H and O–H groups in total. The SMILES string of the molecule is NC(Cc1nc2ccccc2o1)c1c(F)cc(Br)cc1F. The number of halogens is 3. The fourth-order valence-electron chi connectivity index (χ4n) is 2.21. The van der Waals surface area contributed by atoms with Crippen molar-refractivity contribution in [3.05, 3.63) is 64.0 Å². The highest BCUT2D eigenvalue weighted by atomic mass is 79.9. The van der Waals surface area contributed by atoms with E-state index in [0.29, 0.717) is 21.5 Å². The lowest BCUT2D eigenvalue weighted by Gasteiger charge is -2.12. The van der Waals surface area contributed by atoms with Gasteiger partial charge in [-0.3, -0.25) is 0 Å². The van der Waals surface area contributed by atoms with Gasteiger partial charge in [0.2, 0.25) is 0 Å². The number of aromatic nitrogens is 1. The van der Waals surface area contributed by atoms with Crippen LogP contribution in [0.4, 0.5) is 8.78 Å². The maximum atomic E-state index is 13.9. The maximum Gasteiger partial charge on any atom is 0.197 e. The molecule has 3 rings (SSSR count). The van der Waals surface area contributed by atoms with Crippen molar-refractivity contribution in [2.45, 2.75) is 12.5 Å². The van der Waals surface area contributed by atoms with Gasteiger partial charge in [-0.05, 0) is 24.3 Å². The molecule has 3 aromatic rings. The number of hydrogen-bond donors (Lipinski definition) is 1. The molecule has 0 radical (unpaired) electrons. The Labute approximate surface area is 127 Å². The monoisotopic (exact) mass is 352 g/mol. The first-order valence-electron chi connectivity index (χ1n) is 6.29. The zero-order chi connectivity index (χ0) is 15.0. The molecule has 0 aliphatic heterocycles. The molecule has 1 unspecified atom stereocenters. The molecule has 21 heavy (non-hydrogen) atoms. The third kappa shape index (κ3) is 2.82. The summed E-state index contributed by atoms with van der Waals surface area (Å²) in [6.07, 6.45) is 0.115. The van der Waals surface area contributed by atoms with E-state index in [1.807, 2.05) is 12.1 Å². The molecule has 2 aromatic carbocycles. The first-order chi connectivity index (χ1) is 10.0. The van der Waals surface area contributed by atoms with Gasteiger partial charge in [0.25, 0.3) is 0 Å². The normalized spacial score (nSPS) is 12.8. The topological polar surface area (TPSA) is 52.0 Å². The van der Waals surface area contributed by atoms with Gasteiger partial charge >= 0.3 is 0 Å². The van der Waals surface area contributed by atoms with Crippen LogP contribution in [-0.2, 0) is 6.42 Å². The number of oxazole rings is 1. The summed E-state index contributed by atoms with van der Waals surface area (Å²) in [6.45, 7) is 0. The summed E-state index contributed by atoms with van der Waals surface area (Å²) < 4.78 is 33.6. The van der Waals surface area contributed by atoms with Crippen LogP contribution in [0.2, 0.25) is 0 Å². The van der Waals surface area contributed by atoms with Crippen molar-refractivity contribution in [2.24, 2.45) is 5.73 Å². The molecule has 0 aliphatic carbocycles. The Kier molecular flexibility index (Phi) is 3.73. The fraction of sp³-hybridized carbons (Fsp3) is 0.133. The first-order valence-corrected chi connectivity index (χ1v) is 7.08. The van der Waals surface area contributed by atoms with Crippen molar-refractivity contribution in [2.75, 3.05) is 0 Å². The third-order valence-corrected chi connectivity index (χ3v) is 3.61. The zero-order valence-corrected chi connectivity index (χ0v) is 12.4. The minimum Gasteiger partial charge on any atom is -0.441 e. The zero-order valence-electron chi connectivity index (χ0n) is 10.8.